The summed E-state index contributed by atoms with van der Waals surface area (Å²) < 4.78 is 9.35. The molecule has 55 heavy (non-hydrogen) atoms. The molecule has 270 valence electrons. The molecule has 1 aliphatic heterocycles. The van der Waals surface area contributed by atoms with Crippen molar-refractivity contribution in [3.63, 3.8) is 0 Å². The molecule has 0 saturated heterocycles. The highest BCUT2D eigenvalue weighted by Crippen LogP contribution is 2.50. The molecule has 5 aliphatic carbocycles. The SMILES string of the molecule is C1=CC(C2C=CC3=C(C=CC(N(c4ccc(C5=C6Oc7ccccc7C6CC=C5)cc4)c4cccc5c4sc4c(C6C=CCCC6)cccc45)C3)C2)=CCC1. The molecule has 0 radical (unpaired) electrons. The summed E-state index contributed by atoms with van der Waals surface area (Å²) in [7, 11) is 0. The Bertz CT molecular complexity index is 2600. The number of rotatable bonds is 6. The molecule has 1 aromatic heterocycles. The largest absolute Gasteiger partial charge is 0.460 e. The number of hydrogen-bond acceptors (Lipinski definition) is 3. The Labute approximate surface area is 328 Å². The van der Waals surface area contributed by atoms with E-state index in [9.17, 15) is 0 Å². The van der Waals surface area contributed by atoms with Crippen molar-refractivity contribution in [1.82, 2.24) is 0 Å². The Hall–Kier alpha value is -5.38. The summed E-state index contributed by atoms with van der Waals surface area (Å²) in [5, 5.41) is 2.74. The van der Waals surface area contributed by atoms with Crippen molar-refractivity contribution in [3.8, 4) is 5.75 Å². The van der Waals surface area contributed by atoms with E-state index < -0.39 is 0 Å². The van der Waals surface area contributed by atoms with Gasteiger partial charge in [-0.15, -0.1) is 11.3 Å². The summed E-state index contributed by atoms with van der Waals surface area (Å²) in [6.07, 6.45) is 35.5. The molecule has 3 heteroatoms. The van der Waals surface area contributed by atoms with Crippen LogP contribution in [0.25, 0.3) is 25.7 Å². The van der Waals surface area contributed by atoms with Crippen LogP contribution in [0.3, 0.4) is 0 Å². The van der Waals surface area contributed by atoms with E-state index in [1.54, 1.807) is 0 Å². The Kier molecular flexibility index (Phi) is 8.24. The van der Waals surface area contributed by atoms with Crippen LogP contribution >= 0.6 is 11.3 Å². The molecule has 2 heterocycles. The van der Waals surface area contributed by atoms with Crippen molar-refractivity contribution in [2.45, 2.75) is 69.2 Å². The van der Waals surface area contributed by atoms with Crippen LogP contribution < -0.4 is 9.64 Å². The molecule has 5 aromatic rings. The quantitative estimate of drug-likeness (QED) is 0.161. The van der Waals surface area contributed by atoms with Crippen molar-refractivity contribution in [1.29, 1.82) is 0 Å². The molecule has 4 aromatic carbocycles. The van der Waals surface area contributed by atoms with Gasteiger partial charge in [-0.1, -0.05) is 127 Å². The molecular weight excluding hydrogens is 687 g/mol. The lowest BCUT2D eigenvalue weighted by Crippen LogP contribution is -2.32. The lowest BCUT2D eigenvalue weighted by atomic mass is 9.79. The zero-order valence-corrected chi connectivity index (χ0v) is 32.0. The van der Waals surface area contributed by atoms with Gasteiger partial charge in [-0.3, -0.25) is 0 Å². The number of fused-ring (bicyclic) bond motifs is 6. The summed E-state index contributed by atoms with van der Waals surface area (Å²) >= 11 is 1.99. The topological polar surface area (TPSA) is 12.5 Å². The molecular formula is C52H45NOS. The van der Waals surface area contributed by atoms with Crippen LogP contribution in [-0.2, 0) is 0 Å². The zero-order chi connectivity index (χ0) is 36.3. The van der Waals surface area contributed by atoms with Crippen molar-refractivity contribution >= 4 is 48.5 Å². The minimum atomic E-state index is 0.185. The van der Waals surface area contributed by atoms with E-state index in [1.807, 2.05) is 11.3 Å². The number of benzene rings is 4. The predicted octanol–water partition coefficient (Wildman–Crippen LogP) is 14.3. The third-order valence-electron chi connectivity index (χ3n) is 12.8. The molecule has 2 nitrogen and oxygen atoms in total. The maximum absolute atomic E-state index is 6.53. The predicted molar refractivity (Wildman–Crippen MR) is 232 cm³/mol. The maximum Gasteiger partial charge on any atom is 0.130 e. The first-order chi connectivity index (χ1) is 27.3. The third-order valence-corrected chi connectivity index (χ3v) is 14.1. The standard InChI is InChI=1S/C52H45NOS/c1-3-12-34(13-4-1)37-24-25-39-33-41(31-28-38(39)32-37)53(40-29-26-36(27-30-40)42-17-9-19-45-44-16-7-8-23-49(44)54-50(42)45)48-22-11-21-47-46-20-10-18-43(51(46)55-52(47)48)35-14-5-2-6-15-35/h3,5,7-14,16-18,20-31,35,37,41,45H,1-2,4,6,15,19,32-33H2. The van der Waals surface area contributed by atoms with Gasteiger partial charge in [0.25, 0.3) is 0 Å². The summed E-state index contributed by atoms with van der Waals surface area (Å²) in [6.45, 7) is 0. The summed E-state index contributed by atoms with van der Waals surface area (Å²) in [5.41, 5.74) is 12.1. The Balaban J connectivity index is 0.997. The number of nitrogens with zero attached hydrogens (tertiary/aromatic N) is 1. The second-order valence-electron chi connectivity index (χ2n) is 16.0. The third kappa shape index (κ3) is 5.75. The van der Waals surface area contributed by atoms with Gasteiger partial charge in [0, 0.05) is 50.1 Å². The van der Waals surface area contributed by atoms with Gasteiger partial charge in [0.2, 0.25) is 0 Å². The van der Waals surface area contributed by atoms with Gasteiger partial charge in [0.1, 0.15) is 11.5 Å². The Morgan fingerprint density at radius 1 is 0.636 bits per heavy atom. The number of ether oxygens (including phenoxy) is 1. The fraction of sp³-hybridized carbons (Fsp3) is 0.231. The van der Waals surface area contributed by atoms with Crippen LogP contribution in [0, 0.1) is 5.92 Å². The highest BCUT2D eigenvalue weighted by atomic mass is 32.1. The summed E-state index contributed by atoms with van der Waals surface area (Å²) in [4.78, 5) is 2.63. The van der Waals surface area contributed by atoms with Crippen molar-refractivity contribution in [3.05, 3.63) is 191 Å². The van der Waals surface area contributed by atoms with Gasteiger partial charge in [0.05, 0.1) is 16.4 Å². The molecule has 0 bridgehead atoms. The number of hydrogen-bond donors (Lipinski definition) is 0. The fourth-order valence-electron chi connectivity index (χ4n) is 9.99. The number of anilines is 2. The van der Waals surface area contributed by atoms with Crippen LogP contribution in [0.1, 0.15) is 79.9 Å². The first-order valence-corrected chi connectivity index (χ1v) is 21.2. The molecule has 4 atom stereocenters. The van der Waals surface area contributed by atoms with E-state index in [0.717, 1.165) is 43.6 Å². The van der Waals surface area contributed by atoms with Crippen LogP contribution in [0.4, 0.5) is 11.4 Å². The minimum Gasteiger partial charge on any atom is -0.460 e. The average molecular weight is 732 g/mol. The van der Waals surface area contributed by atoms with E-state index in [-0.39, 0.29) is 12.0 Å². The minimum absolute atomic E-state index is 0.185. The number of allylic oxidation sites excluding steroid dienone is 14. The van der Waals surface area contributed by atoms with Crippen LogP contribution in [0.5, 0.6) is 5.75 Å². The monoisotopic (exact) mass is 731 g/mol. The summed E-state index contributed by atoms with van der Waals surface area (Å²) in [6, 6.07) is 32.0. The van der Waals surface area contributed by atoms with Gasteiger partial charge in [-0.2, -0.15) is 0 Å². The van der Waals surface area contributed by atoms with Gasteiger partial charge in [-0.05, 0) is 103 Å². The lowest BCUT2D eigenvalue weighted by Gasteiger charge is -2.36. The smallest absolute Gasteiger partial charge is 0.130 e. The molecule has 0 saturated carbocycles. The van der Waals surface area contributed by atoms with E-state index in [1.165, 1.54) is 89.8 Å². The number of para-hydroxylation sites is 1. The Morgan fingerprint density at radius 2 is 1.47 bits per heavy atom. The van der Waals surface area contributed by atoms with Gasteiger partial charge in [0.15, 0.2) is 0 Å². The summed E-state index contributed by atoms with van der Waals surface area (Å²) in [5.74, 6) is 3.34. The molecule has 11 rings (SSSR count). The second-order valence-corrected chi connectivity index (χ2v) is 17.0. The highest BCUT2D eigenvalue weighted by molar-refractivity contribution is 7.26. The Morgan fingerprint density at radius 3 is 2.35 bits per heavy atom. The highest BCUT2D eigenvalue weighted by Gasteiger charge is 2.33. The average Bonchev–Trinajstić information content (AvgIpc) is 3.84. The van der Waals surface area contributed by atoms with Crippen LogP contribution in [0.15, 0.2) is 174 Å². The fourth-order valence-corrected chi connectivity index (χ4v) is 11.4. The zero-order valence-electron chi connectivity index (χ0n) is 31.2. The molecule has 0 amide bonds. The van der Waals surface area contributed by atoms with Crippen molar-refractivity contribution in [2.75, 3.05) is 4.90 Å². The maximum atomic E-state index is 6.53. The van der Waals surface area contributed by atoms with Crippen LogP contribution in [0.2, 0.25) is 0 Å². The van der Waals surface area contributed by atoms with Crippen molar-refractivity contribution in [2.24, 2.45) is 5.92 Å². The number of thiophene rings is 1. The van der Waals surface area contributed by atoms with E-state index in [2.05, 4.69) is 157 Å². The molecule has 0 N–H and O–H groups in total. The first-order valence-electron chi connectivity index (χ1n) is 20.4. The molecule has 0 fully saturated rings. The van der Waals surface area contributed by atoms with Gasteiger partial charge < -0.3 is 9.64 Å². The van der Waals surface area contributed by atoms with Gasteiger partial charge in [-0.25, -0.2) is 0 Å². The van der Waals surface area contributed by atoms with E-state index in [4.69, 9.17) is 4.74 Å². The van der Waals surface area contributed by atoms with Gasteiger partial charge >= 0.3 is 0 Å². The lowest BCUT2D eigenvalue weighted by molar-refractivity contribution is 0.429. The van der Waals surface area contributed by atoms with Crippen molar-refractivity contribution < 1.29 is 4.74 Å². The normalized spacial score (nSPS) is 23.9. The molecule has 6 aliphatic rings. The van der Waals surface area contributed by atoms with E-state index >= 15 is 0 Å². The second kappa shape index (κ2) is 13.7. The van der Waals surface area contributed by atoms with E-state index in [0.29, 0.717) is 11.8 Å². The molecule has 4 unspecified atom stereocenters. The van der Waals surface area contributed by atoms with Crippen LogP contribution in [-0.4, -0.2) is 6.04 Å². The molecule has 0 spiro atoms. The first kappa shape index (κ1) is 33.0.